The van der Waals surface area contributed by atoms with Gasteiger partial charge in [0.15, 0.2) is 0 Å². The molecule has 0 radical (unpaired) electrons. The van der Waals surface area contributed by atoms with E-state index in [4.69, 9.17) is 0 Å². The summed E-state index contributed by atoms with van der Waals surface area (Å²) >= 11 is 3.64. The van der Waals surface area contributed by atoms with Crippen LogP contribution >= 0.6 is 34.4 Å². The second kappa shape index (κ2) is 9.40. The third kappa shape index (κ3) is 4.89. The third-order valence-electron chi connectivity index (χ3n) is 5.70. The van der Waals surface area contributed by atoms with Gasteiger partial charge < -0.3 is 0 Å². The summed E-state index contributed by atoms with van der Waals surface area (Å²) < 4.78 is 94.9. The Morgan fingerprint density at radius 2 is 1.63 bits per heavy atom. The van der Waals surface area contributed by atoms with Crippen molar-refractivity contribution in [1.82, 2.24) is 5.32 Å². The molecule has 0 saturated carbocycles. The van der Waals surface area contributed by atoms with Crippen molar-refractivity contribution >= 4 is 45.9 Å². The van der Waals surface area contributed by atoms with Crippen LogP contribution in [-0.4, -0.2) is 35.8 Å². The number of thioether (sulfide) groups is 1. The van der Waals surface area contributed by atoms with Gasteiger partial charge in [-0.15, -0.1) is 0 Å². The van der Waals surface area contributed by atoms with Crippen LogP contribution in [0.2, 0.25) is 0 Å². The van der Waals surface area contributed by atoms with E-state index >= 15 is 0 Å². The lowest BCUT2D eigenvalue weighted by atomic mass is 9.92. The summed E-state index contributed by atoms with van der Waals surface area (Å²) in [6, 6.07) is 6.97. The van der Waals surface area contributed by atoms with Crippen molar-refractivity contribution in [3.63, 3.8) is 0 Å². The van der Waals surface area contributed by atoms with Crippen LogP contribution in [0.3, 0.4) is 0 Å². The number of benzene rings is 2. The lowest BCUT2D eigenvalue weighted by molar-refractivity contribution is -0.348. The number of nitrogens with one attached hydrogen (secondary N) is 1. The van der Waals surface area contributed by atoms with Crippen molar-refractivity contribution in [3.05, 3.63) is 62.2 Å². The SMILES string of the molecule is CSCC(C)(C)NC1c2c(I)cccc2C(=O)N1c1ccc(C(F)(C(F)(F)F)C(F)(F)F)cc1C. The van der Waals surface area contributed by atoms with Crippen LogP contribution in [0, 0.1) is 10.5 Å². The molecule has 0 aliphatic carbocycles. The summed E-state index contributed by atoms with van der Waals surface area (Å²) in [6.07, 6.45) is -11.3. The number of nitrogens with zero attached hydrogens (tertiary/aromatic N) is 1. The van der Waals surface area contributed by atoms with Gasteiger partial charge in [0.2, 0.25) is 0 Å². The molecule has 2 aromatic rings. The molecule has 1 unspecified atom stereocenters. The molecule has 1 aliphatic rings. The Morgan fingerprint density at radius 1 is 1.03 bits per heavy atom. The van der Waals surface area contributed by atoms with E-state index in [1.54, 1.807) is 30.0 Å². The number of carbonyl (C=O) groups excluding carboxylic acids is 1. The molecule has 1 heterocycles. The average Bonchev–Trinajstić information content (AvgIpc) is 2.97. The molecular formula is C23H22F7IN2OS. The molecular weight excluding hydrogens is 612 g/mol. The summed E-state index contributed by atoms with van der Waals surface area (Å²) in [4.78, 5) is 14.7. The van der Waals surface area contributed by atoms with Crippen LogP contribution in [-0.2, 0) is 5.67 Å². The number of halogens is 8. The third-order valence-corrected chi connectivity index (χ3v) is 7.65. The second-order valence-electron chi connectivity index (χ2n) is 8.90. The van der Waals surface area contributed by atoms with Gasteiger partial charge in [0.05, 0.1) is 0 Å². The quantitative estimate of drug-likeness (QED) is 0.268. The molecule has 3 rings (SSSR count). The summed E-state index contributed by atoms with van der Waals surface area (Å²) in [5, 5.41) is 3.40. The van der Waals surface area contributed by atoms with E-state index < -0.39 is 41.2 Å². The zero-order valence-electron chi connectivity index (χ0n) is 19.0. The first-order chi connectivity index (χ1) is 16.0. The predicted octanol–water partition coefficient (Wildman–Crippen LogP) is 7.28. The molecule has 1 N–H and O–H groups in total. The van der Waals surface area contributed by atoms with Crippen LogP contribution in [0.15, 0.2) is 36.4 Å². The van der Waals surface area contributed by atoms with E-state index in [-0.39, 0.29) is 11.3 Å². The molecule has 1 amide bonds. The van der Waals surface area contributed by atoms with Gasteiger partial charge in [-0.05, 0) is 73.4 Å². The summed E-state index contributed by atoms with van der Waals surface area (Å²) in [5.41, 5.74) is -6.64. The fourth-order valence-corrected chi connectivity index (χ4v) is 5.76. The van der Waals surface area contributed by atoms with Crippen LogP contribution in [0.1, 0.15) is 47.1 Å². The minimum atomic E-state index is -6.22. The van der Waals surface area contributed by atoms with Crippen molar-refractivity contribution in [2.24, 2.45) is 0 Å². The van der Waals surface area contributed by atoms with Gasteiger partial charge in [-0.25, -0.2) is 4.39 Å². The Kier molecular flexibility index (Phi) is 7.53. The van der Waals surface area contributed by atoms with Gasteiger partial charge >= 0.3 is 18.0 Å². The van der Waals surface area contributed by atoms with Crippen molar-refractivity contribution in [1.29, 1.82) is 0 Å². The predicted molar refractivity (Wildman–Crippen MR) is 130 cm³/mol. The molecule has 0 bridgehead atoms. The number of alkyl halides is 7. The van der Waals surface area contributed by atoms with E-state index in [9.17, 15) is 35.5 Å². The molecule has 12 heteroatoms. The van der Waals surface area contributed by atoms with Gasteiger partial charge in [0.25, 0.3) is 5.91 Å². The van der Waals surface area contributed by atoms with E-state index in [2.05, 4.69) is 27.9 Å². The number of rotatable bonds is 6. The largest absolute Gasteiger partial charge is 0.435 e. The summed E-state index contributed by atoms with van der Waals surface area (Å²) in [6.45, 7) is 5.08. The summed E-state index contributed by atoms with van der Waals surface area (Å²) in [7, 11) is 0. The topological polar surface area (TPSA) is 32.3 Å². The van der Waals surface area contributed by atoms with Crippen molar-refractivity contribution in [2.45, 2.75) is 50.5 Å². The number of amides is 1. The van der Waals surface area contributed by atoms with E-state index in [1.807, 2.05) is 20.1 Å². The lowest BCUT2D eigenvalue weighted by Crippen LogP contribution is -2.50. The van der Waals surface area contributed by atoms with E-state index in [1.165, 1.54) is 11.8 Å². The maximum atomic E-state index is 14.6. The molecule has 35 heavy (non-hydrogen) atoms. The zero-order valence-corrected chi connectivity index (χ0v) is 22.0. The van der Waals surface area contributed by atoms with Crippen molar-refractivity contribution in [2.75, 3.05) is 16.9 Å². The van der Waals surface area contributed by atoms with E-state index in [0.717, 1.165) is 9.64 Å². The molecule has 0 fully saturated rings. The fourth-order valence-electron chi connectivity index (χ4n) is 4.16. The van der Waals surface area contributed by atoms with Crippen LogP contribution < -0.4 is 10.2 Å². The number of aryl methyl sites for hydroxylation is 1. The number of carbonyl (C=O) groups is 1. The van der Waals surface area contributed by atoms with Crippen LogP contribution in [0.5, 0.6) is 0 Å². The smallest absolute Gasteiger partial charge is 0.288 e. The van der Waals surface area contributed by atoms with Gasteiger partial charge in [0, 0.05) is 37.2 Å². The first kappa shape index (κ1) is 28.0. The molecule has 0 spiro atoms. The maximum Gasteiger partial charge on any atom is 0.435 e. The standard InChI is InChI=1S/C23H22F7IN2OS/c1-12-10-13(21(24,22(25,26)27)23(28,29)30)8-9-16(12)33-18(32-20(2,3)11-35-4)17-14(19(33)34)6-5-7-15(17)31/h5-10,18,32H,11H2,1-4H3. The second-order valence-corrected chi connectivity index (χ2v) is 10.9. The van der Waals surface area contributed by atoms with Gasteiger partial charge in [0.1, 0.15) is 6.17 Å². The van der Waals surface area contributed by atoms with Gasteiger partial charge in [-0.3, -0.25) is 15.0 Å². The van der Waals surface area contributed by atoms with Crippen molar-refractivity contribution in [3.8, 4) is 0 Å². The van der Waals surface area contributed by atoms with Crippen LogP contribution in [0.25, 0.3) is 0 Å². The highest BCUT2D eigenvalue weighted by Gasteiger charge is 2.73. The Labute approximate surface area is 216 Å². The molecule has 0 saturated heterocycles. The Morgan fingerprint density at radius 3 is 2.14 bits per heavy atom. The number of hydrogen-bond donors (Lipinski definition) is 1. The minimum absolute atomic E-state index is 0.0786. The maximum absolute atomic E-state index is 14.6. The molecule has 3 nitrogen and oxygen atoms in total. The number of fused-ring (bicyclic) bond motifs is 1. The van der Waals surface area contributed by atoms with Crippen LogP contribution in [0.4, 0.5) is 36.4 Å². The highest BCUT2D eigenvalue weighted by molar-refractivity contribution is 14.1. The Bertz CT molecular complexity index is 1120. The molecule has 2 aromatic carbocycles. The zero-order chi connectivity index (χ0) is 26.6. The van der Waals surface area contributed by atoms with Gasteiger partial charge in [-0.2, -0.15) is 38.1 Å². The average molecular weight is 634 g/mol. The minimum Gasteiger partial charge on any atom is -0.288 e. The first-order valence-corrected chi connectivity index (χ1v) is 12.8. The number of hydrogen-bond acceptors (Lipinski definition) is 3. The molecule has 0 aromatic heterocycles. The normalized spacial score (nSPS) is 17.2. The Balaban J connectivity index is 2.16. The monoisotopic (exact) mass is 634 g/mol. The number of anilines is 1. The molecule has 192 valence electrons. The first-order valence-electron chi connectivity index (χ1n) is 10.3. The highest BCUT2D eigenvalue weighted by Crippen LogP contribution is 2.54. The van der Waals surface area contributed by atoms with Crippen molar-refractivity contribution < 1.29 is 35.5 Å². The molecule has 1 atom stereocenters. The molecule has 1 aliphatic heterocycles. The Hall–Kier alpha value is -1.54. The highest BCUT2D eigenvalue weighted by atomic mass is 127. The lowest BCUT2D eigenvalue weighted by Gasteiger charge is -2.36. The van der Waals surface area contributed by atoms with E-state index in [0.29, 0.717) is 29.0 Å². The fraction of sp³-hybridized carbons (Fsp3) is 0.435. The summed E-state index contributed by atoms with van der Waals surface area (Å²) in [5.74, 6) is 0.189. The van der Waals surface area contributed by atoms with Gasteiger partial charge in [-0.1, -0.05) is 18.2 Å².